The van der Waals surface area contributed by atoms with E-state index in [1.165, 1.54) is 0 Å². The Balaban J connectivity index is 1.79. The molecule has 0 saturated heterocycles. The zero-order valence-corrected chi connectivity index (χ0v) is 12.4. The van der Waals surface area contributed by atoms with Crippen LogP contribution in [0.15, 0.2) is 40.8 Å². The van der Waals surface area contributed by atoms with Gasteiger partial charge in [0.1, 0.15) is 4.92 Å². The Labute approximate surface area is 135 Å². The van der Waals surface area contributed by atoms with E-state index in [9.17, 15) is 19.7 Å². The fourth-order valence-electron chi connectivity index (χ4n) is 1.64. The van der Waals surface area contributed by atoms with Gasteiger partial charge in [-0.2, -0.15) is 0 Å². The lowest BCUT2D eigenvalue weighted by Crippen LogP contribution is -2.28. The van der Waals surface area contributed by atoms with E-state index in [0.29, 0.717) is 5.02 Å². The number of amides is 1. The zero-order valence-electron chi connectivity index (χ0n) is 11.7. The first-order chi connectivity index (χ1) is 11.0. The van der Waals surface area contributed by atoms with Gasteiger partial charge in [-0.1, -0.05) is 23.7 Å². The van der Waals surface area contributed by atoms with Gasteiger partial charge in [-0.15, -0.1) is 0 Å². The van der Waals surface area contributed by atoms with Gasteiger partial charge in [0.2, 0.25) is 5.76 Å². The molecule has 0 spiro atoms. The van der Waals surface area contributed by atoms with Crippen LogP contribution in [0.1, 0.15) is 16.1 Å². The van der Waals surface area contributed by atoms with Crippen molar-refractivity contribution in [1.82, 2.24) is 5.32 Å². The highest BCUT2D eigenvalue weighted by atomic mass is 35.5. The Kier molecular flexibility index (Phi) is 5.32. The van der Waals surface area contributed by atoms with Crippen molar-refractivity contribution >= 4 is 29.4 Å². The summed E-state index contributed by atoms with van der Waals surface area (Å²) in [6.45, 7) is -0.308. The number of ether oxygens (including phenoxy) is 1. The van der Waals surface area contributed by atoms with Crippen molar-refractivity contribution in [3.63, 3.8) is 0 Å². The summed E-state index contributed by atoms with van der Waals surface area (Å²) in [6, 6.07) is 9.04. The van der Waals surface area contributed by atoms with Crippen LogP contribution in [0.5, 0.6) is 0 Å². The first kappa shape index (κ1) is 16.5. The van der Waals surface area contributed by atoms with Gasteiger partial charge in [-0.25, -0.2) is 4.79 Å². The molecule has 0 aliphatic carbocycles. The van der Waals surface area contributed by atoms with Gasteiger partial charge in [-0.3, -0.25) is 14.9 Å². The molecule has 120 valence electrons. The molecule has 1 aromatic carbocycles. The molecule has 1 amide bonds. The SMILES string of the molecule is O=C(COC(=O)c1ccc([N+](=O)[O-])o1)NCc1cccc(Cl)c1. The van der Waals surface area contributed by atoms with Crippen molar-refractivity contribution in [2.24, 2.45) is 0 Å². The molecule has 9 heteroatoms. The number of nitro groups is 1. The van der Waals surface area contributed by atoms with Gasteiger partial charge >= 0.3 is 11.9 Å². The van der Waals surface area contributed by atoms with Crippen LogP contribution in [-0.2, 0) is 16.1 Å². The van der Waals surface area contributed by atoms with Crippen LogP contribution in [0.2, 0.25) is 5.02 Å². The molecule has 0 aliphatic rings. The van der Waals surface area contributed by atoms with E-state index in [4.69, 9.17) is 16.3 Å². The molecule has 1 N–H and O–H groups in total. The lowest BCUT2D eigenvalue weighted by atomic mass is 10.2. The molecule has 1 aromatic heterocycles. The van der Waals surface area contributed by atoms with Crippen LogP contribution in [0.3, 0.4) is 0 Å². The second-order valence-corrected chi connectivity index (χ2v) is 4.81. The smallest absolute Gasteiger partial charge is 0.433 e. The van der Waals surface area contributed by atoms with Crippen LogP contribution in [0.25, 0.3) is 0 Å². The molecule has 0 unspecified atom stereocenters. The van der Waals surface area contributed by atoms with Crippen molar-refractivity contribution in [2.75, 3.05) is 6.61 Å². The van der Waals surface area contributed by atoms with E-state index in [-0.39, 0.29) is 12.3 Å². The maximum atomic E-state index is 11.6. The Hall–Kier alpha value is -2.87. The topological polar surface area (TPSA) is 112 Å². The average Bonchev–Trinajstić information content (AvgIpc) is 3.01. The van der Waals surface area contributed by atoms with Crippen LogP contribution in [0, 0.1) is 10.1 Å². The minimum absolute atomic E-state index is 0.225. The van der Waals surface area contributed by atoms with E-state index in [1.54, 1.807) is 24.3 Å². The Bertz CT molecular complexity index is 742. The van der Waals surface area contributed by atoms with E-state index < -0.39 is 29.3 Å². The lowest BCUT2D eigenvalue weighted by Gasteiger charge is -2.06. The van der Waals surface area contributed by atoms with E-state index >= 15 is 0 Å². The second kappa shape index (κ2) is 7.41. The monoisotopic (exact) mass is 338 g/mol. The summed E-state index contributed by atoms with van der Waals surface area (Å²) in [7, 11) is 0. The molecule has 0 atom stereocenters. The molecule has 23 heavy (non-hydrogen) atoms. The first-order valence-corrected chi connectivity index (χ1v) is 6.76. The van der Waals surface area contributed by atoms with Crippen molar-refractivity contribution in [2.45, 2.75) is 6.54 Å². The Morgan fingerprint density at radius 1 is 1.30 bits per heavy atom. The van der Waals surface area contributed by atoms with Crippen molar-refractivity contribution < 1.29 is 23.7 Å². The molecule has 0 saturated carbocycles. The number of rotatable bonds is 6. The summed E-state index contributed by atoms with van der Waals surface area (Å²) >= 11 is 5.81. The third kappa shape index (κ3) is 4.82. The van der Waals surface area contributed by atoms with Crippen molar-refractivity contribution in [1.29, 1.82) is 0 Å². The quantitative estimate of drug-likeness (QED) is 0.491. The zero-order chi connectivity index (χ0) is 16.8. The van der Waals surface area contributed by atoms with Gasteiger partial charge in [0, 0.05) is 11.6 Å². The van der Waals surface area contributed by atoms with Gasteiger partial charge in [0.05, 0.1) is 6.07 Å². The normalized spacial score (nSPS) is 10.1. The molecule has 1 heterocycles. The highest BCUT2D eigenvalue weighted by molar-refractivity contribution is 6.30. The predicted octanol–water partition coefficient (Wildman–Crippen LogP) is 2.31. The number of carbonyl (C=O) groups is 2. The molecule has 0 aliphatic heterocycles. The third-order valence-corrected chi connectivity index (χ3v) is 2.92. The highest BCUT2D eigenvalue weighted by Gasteiger charge is 2.19. The van der Waals surface area contributed by atoms with Crippen molar-refractivity contribution in [3.05, 3.63) is 62.9 Å². The number of nitrogens with zero attached hydrogens (tertiary/aromatic N) is 1. The highest BCUT2D eigenvalue weighted by Crippen LogP contribution is 2.16. The molecule has 0 radical (unpaired) electrons. The Morgan fingerprint density at radius 2 is 2.09 bits per heavy atom. The first-order valence-electron chi connectivity index (χ1n) is 6.38. The largest absolute Gasteiger partial charge is 0.450 e. The number of furan rings is 1. The standard InChI is InChI=1S/C14H11ClN2O6/c15-10-3-1-2-9(6-10)7-16-12(18)8-22-14(19)11-4-5-13(23-11)17(20)21/h1-6H,7-8H2,(H,16,18). The number of nitrogens with one attached hydrogen (secondary N) is 1. The summed E-state index contributed by atoms with van der Waals surface area (Å²) in [5, 5.41) is 13.5. The molecule has 2 aromatic rings. The van der Waals surface area contributed by atoms with E-state index in [2.05, 4.69) is 9.73 Å². The number of esters is 1. The number of benzene rings is 1. The fourth-order valence-corrected chi connectivity index (χ4v) is 1.85. The van der Waals surface area contributed by atoms with E-state index in [1.807, 2.05) is 0 Å². The predicted molar refractivity (Wildman–Crippen MR) is 78.9 cm³/mol. The summed E-state index contributed by atoms with van der Waals surface area (Å²) in [6.07, 6.45) is 0. The van der Waals surface area contributed by atoms with Gasteiger partial charge in [0.25, 0.3) is 5.91 Å². The number of hydrogen-bond donors (Lipinski definition) is 1. The molecule has 0 bridgehead atoms. The molecule has 2 rings (SSSR count). The minimum Gasteiger partial charge on any atom is -0.450 e. The maximum Gasteiger partial charge on any atom is 0.433 e. The third-order valence-electron chi connectivity index (χ3n) is 2.69. The maximum absolute atomic E-state index is 11.6. The average molecular weight is 339 g/mol. The summed E-state index contributed by atoms with van der Waals surface area (Å²) in [4.78, 5) is 32.8. The fraction of sp³-hybridized carbons (Fsp3) is 0.143. The second-order valence-electron chi connectivity index (χ2n) is 4.38. The van der Waals surface area contributed by atoms with Crippen LogP contribution < -0.4 is 5.32 Å². The van der Waals surface area contributed by atoms with Crippen LogP contribution in [0.4, 0.5) is 5.88 Å². The molecular weight excluding hydrogens is 328 g/mol. The van der Waals surface area contributed by atoms with E-state index in [0.717, 1.165) is 17.7 Å². The minimum atomic E-state index is -0.962. The van der Waals surface area contributed by atoms with Crippen LogP contribution in [-0.4, -0.2) is 23.4 Å². The summed E-state index contributed by atoms with van der Waals surface area (Å²) in [5.41, 5.74) is 0.791. The Morgan fingerprint density at radius 3 is 2.74 bits per heavy atom. The number of carbonyl (C=O) groups excluding carboxylic acids is 2. The molecule has 8 nitrogen and oxygen atoms in total. The van der Waals surface area contributed by atoms with Gasteiger partial charge in [0.15, 0.2) is 6.61 Å². The molecular formula is C14H11ClN2O6. The number of halogens is 1. The lowest BCUT2D eigenvalue weighted by molar-refractivity contribution is -0.402. The van der Waals surface area contributed by atoms with Gasteiger partial charge in [-0.05, 0) is 23.8 Å². The van der Waals surface area contributed by atoms with Crippen LogP contribution >= 0.6 is 11.6 Å². The van der Waals surface area contributed by atoms with Crippen molar-refractivity contribution in [3.8, 4) is 0 Å². The number of hydrogen-bond acceptors (Lipinski definition) is 6. The van der Waals surface area contributed by atoms with Gasteiger partial charge < -0.3 is 14.5 Å². The summed E-state index contributed by atoms with van der Waals surface area (Å²) < 4.78 is 9.36. The summed E-state index contributed by atoms with van der Waals surface area (Å²) in [5.74, 6) is -2.42. The molecule has 0 fully saturated rings.